The zero-order chi connectivity index (χ0) is 13.2. The van der Waals surface area contributed by atoms with Crippen LogP contribution in [0.25, 0.3) is 0 Å². The number of aryl methyl sites for hydroxylation is 1. The molecule has 0 aliphatic rings. The second kappa shape index (κ2) is 4.82. The molecule has 1 heterocycles. The number of carboxylic acid groups (broad SMARTS) is 1. The fourth-order valence-electron chi connectivity index (χ4n) is 1.15. The smallest absolute Gasteiger partial charge is 0.340 e. The zero-order valence-electron chi connectivity index (χ0n) is 9.26. The van der Waals surface area contributed by atoms with Gasteiger partial charge in [0.25, 0.3) is 10.0 Å². The third-order valence-corrected chi connectivity index (χ3v) is 3.30. The van der Waals surface area contributed by atoms with Crippen molar-refractivity contribution in [2.75, 3.05) is 6.54 Å². The molecule has 0 saturated carbocycles. The summed E-state index contributed by atoms with van der Waals surface area (Å²) in [5, 5.41) is 23.0. The van der Waals surface area contributed by atoms with E-state index in [1.54, 1.807) is 0 Å². The number of nitrogens with zero attached hydrogens (tertiary/aromatic N) is 1. The minimum atomic E-state index is -4.04. The van der Waals surface area contributed by atoms with Crippen molar-refractivity contribution in [1.82, 2.24) is 14.9 Å². The lowest BCUT2D eigenvalue weighted by Crippen LogP contribution is -2.31. The van der Waals surface area contributed by atoms with E-state index in [0.717, 1.165) is 0 Å². The third kappa shape index (κ3) is 3.02. The number of hydrogen-bond donors (Lipinski definition) is 4. The first-order valence-corrected chi connectivity index (χ1v) is 6.20. The van der Waals surface area contributed by atoms with E-state index in [1.165, 1.54) is 13.8 Å². The van der Waals surface area contributed by atoms with Gasteiger partial charge in [0, 0.05) is 12.2 Å². The second-order valence-electron chi connectivity index (χ2n) is 3.53. The number of H-pyrrole nitrogens is 1. The molecule has 8 nitrogen and oxygen atoms in total. The Balaban J connectivity index is 3.12. The van der Waals surface area contributed by atoms with E-state index >= 15 is 0 Å². The number of aromatic amines is 1. The van der Waals surface area contributed by atoms with Gasteiger partial charge in [-0.05, 0) is 13.8 Å². The van der Waals surface area contributed by atoms with Crippen molar-refractivity contribution in [1.29, 1.82) is 0 Å². The van der Waals surface area contributed by atoms with Crippen LogP contribution in [0.2, 0.25) is 0 Å². The van der Waals surface area contributed by atoms with Crippen molar-refractivity contribution in [3.63, 3.8) is 0 Å². The highest BCUT2D eigenvalue weighted by Gasteiger charge is 2.27. The Bertz CT molecular complexity index is 519. The number of rotatable bonds is 5. The Morgan fingerprint density at radius 2 is 2.18 bits per heavy atom. The van der Waals surface area contributed by atoms with Gasteiger partial charge >= 0.3 is 5.97 Å². The quantitative estimate of drug-likeness (QED) is 0.543. The fourth-order valence-corrected chi connectivity index (χ4v) is 2.42. The van der Waals surface area contributed by atoms with Crippen LogP contribution in [0, 0.1) is 6.92 Å². The van der Waals surface area contributed by atoms with Crippen molar-refractivity contribution >= 4 is 16.0 Å². The number of carbonyl (C=O) groups is 1. The summed E-state index contributed by atoms with van der Waals surface area (Å²) in [6.07, 6.45) is -0.877. The summed E-state index contributed by atoms with van der Waals surface area (Å²) in [5.74, 6) is -1.38. The number of hydrogen-bond acceptors (Lipinski definition) is 5. The van der Waals surface area contributed by atoms with Gasteiger partial charge in [0.15, 0.2) is 0 Å². The minimum Gasteiger partial charge on any atom is -0.478 e. The average molecular weight is 263 g/mol. The maximum Gasteiger partial charge on any atom is 0.340 e. The number of nitrogens with one attached hydrogen (secondary N) is 2. The van der Waals surface area contributed by atoms with Crippen molar-refractivity contribution in [2.45, 2.75) is 25.0 Å². The molecule has 0 saturated heterocycles. The van der Waals surface area contributed by atoms with Crippen LogP contribution in [0.5, 0.6) is 0 Å². The summed E-state index contributed by atoms with van der Waals surface area (Å²) in [7, 11) is -4.04. The average Bonchev–Trinajstić information content (AvgIpc) is 2.58. The highest BCUT2D eigenvalue weighted by Crippen LogP contribution is 2.15. The van der Waals surface area contributed by atoms with Gasteiger partial charge < -0.3 is 10.2 Å². The van der Waals surface area contributed by atoms with E-state index in [-0.39, 0.29) is 12.2 Å². The molecule has 9 heteroatoms. The predicted molar refractivity (Wildman–Crippen MR) is 57.2 cm³/mol. The first-order chi connectivity index (χ1) is 7.75. The van der Waals surface area contributed by atoms with Crippen LogP contribution in [-0.4, -0.2) is 47.4 Å². The third-order valence-electron chi connectivity index (χ3n) is 1.95. The Kier molecular flexibility index (Phi) is 3.86. The molecule has 1 aromatic rings. The molecular formula is C8H13N3O5S. The number of aromatic nitrogens is 2. The summed E-state index contributed by atoms with van der Waals surface area (Å²) in [6, 6.07) is 0. The molecule has 1 aromatic heterocycles. The Morgan fingerprint density at radius 1 is 1.59 bits per heavy atom. The highest BCUT2D eigenvalue weighted by atomic mass is 32.2. The van der Waals surface area contributed by atoms with E-state index in [2.05, 4.69) is 14.9 Å². The van der Waals surface area contributed by atoms with Crippen LogP contribution >= 0.6 is 0 Å². The lowest BCUT2D eigenvalue weighted by Gasteiger charge is -2.06. The number of aromatic carboxylic acids is 1. The Labute approximate surface area is 97.7 Å². The molecule has 0 fully saturated rings. The van der Waals surface area contributed by atoms with Gasteiger partial charge in [-0.3, -0.25) is 5.10 Å². The van der Waals surface area contributed by atoms with Crippen molar-refractivity contribution in [3.05, 3.63) is 11.3 Å². The van der Waals surface area contributed by atoms with E-state index in [1.807, 2.05) is 0 Å². The molecule has 0 aliphatic heterocycles. The first kappa shape index (κ1) is 13.6. The minimum absolute atomic E-state index is 0.148. The monoisotopic (exact) mass is 263 g/mol. The molecule has 0 bridgehead atoms. The largest absolute Gasteiger partial charge is 0.478 e. The van der Waals surface area contributed by atoms with Crippen molar-refractivity contribution < 1.29 is 23.4 Å². The second-order valence-corrected chi connectivity index (χ2v) is 5.22. The van der Waals surface area contributed by atoms with Crippen molar-refractivity contribution in [2.24, 2.45) is 0 Å². The van der Waals surface area contributed by atoms with Gasteiger partial charge in [-0.2, -0.15) is 5.10 Å². The van der Waals surface area contributed by atoms with E-state index in [4.69, 9.17) is 10.2 Å². The summed E-state index contributed by atoms with van der Waals surface area (Å²) >= 11 is 0. The molecule has 1 atom stereocenters. The molecule has 17 heavy (non-hydrogen) atoms. The van der Waals surface area contributed by atoms with E-state index in [9.17, 15) is 13.2 Å². The topological polar surface area (TPSA) is 132 Å². The van der Waals surface area contributed by atoms with Crippen molar-refractivity contribution in [3.8, 4) is 0 Å². The molecule has 1 rings (SSSR count). The molecular weight excluding hydrogens is 250 g/mol. The Hall–Kier alpha value is -1.45. The summed E-state index contributed by atoms with van der Waals surface area (Å²) in [5.41, 5.74) is -0.252. The molecule has 0 unspecified atom stereocenters. The SMILES string of the molecule is Cc1[nH]nc(S(=O)(=O)NC[C@H](C)O)c1C(=O)O. The molecule has 0 radical (unpaired) electrons. The van der Waals surface area contributed by atoms with Gasteiger partial charge in [0.05, 0.1) is 6.10 Å². The maximum atomic E-state index is 11.7. The summed E-state index contributed by atoms with van der Waals surface area (Å²) < 4.78 is 25.5. The Morgan fingerprint density at radius 3 is 2.65 bits per heavy atom. The summed E-state index contributed by atoms with van der Waals surface area (Å²) in [4.78, 5) is 10.9. The first-order valence-electron chi connectivity index (χ1n) is 4.71. The van der Waals surface area contributed by atoms with Gasteiger partial charge in [0.2, 0.25) is 5.03 Å². The molecule has 0 spiro atoms. The van der Waals surface area contributed by atoms with Gasteiger partial charge in [-0.25, -0.2) is 17.9 Å². The summed E-state index contributed by atoms with van der Waals surface area (Å²) in [6.45, 7) is 2.59. The zero-order valence-corrected chi connectivity index (χ0v) is 10.1. The molecule has 0 aromatic carbocycles. The molecule has 96 valence electrons. The van der Waals surface area contributed by atoms with E-state index < -0.39 is 32.7 Å². The number of sulfonamides is 1. The van der Waals surface area contributed by atoms with Crippen LogP contribution < -0.4 is 4.72 Å². The molecule has 0 amide bonds. The standard InChI is InChI=1S/C8H13N3O5S/c1-4(12)3-9-17(15,16)7-6(8(13)14)5(2)10-11-7/h4,9,12H,3H2,1-2H3,(H,10,11)(H,13,14)/t4-/m0/s1. The lowest BCUT2D eigenvalue weighted by atomic mass is 10.3. The molecule has 4 N–H and O–H groups in total. The van der Waals surface area contributed by atoms with Gasteiger partial charge in [-0.15, -0.1) is 0 Å². The van der Waals surface area contributed by atoms with E-state index in [0.29, 0.717) is 0 Å². The van der Waals surface area contributed by atoms with Crippen LogP contribution in [-0.2, 0) is 10.0 Å². The number of aliphatic hydroxyl groups is 1. The van der Waals surface area contributed by atoms with Gasteiger partial charge in [0.1, 0.15) is 5.56 Å². The molecule has 0 aliphatic carbocycles. The van der Waals surface area contributed by atoms with Gasteiger partial charge in [-0.1, -0.05) is 0 Å². The van der Waals surface area contributed by atoms with Crippen LogP contribution in [0.3, 0.4) is 0 Å². The predicted octanol–water partition coefficient (Wildman–Crippen LogP) is -0.925. The normalized spacial score (nSPS) is 13.6. The van der Waals surface area contributed by atoms with Crippen LogP contribution in [0.1, 0.15) is 23.0 Å². The fraction of sp³-hybridized carbons (Fsp3) is 0.500. The van der Waals surface area contributed by atoms with Crippen LogP contribution in [0.4, 0.5) is 0 Å². The van der Waals surface area contributed by atoms with Crippen LogP contribution in [0.15, 0.2) is 5.03 Å². The number of carboxylic acids is 1. The lowest BCUT2D eigenvalue weighted by molar-refractivity contribution is 0.0692. The maximum absolute atomic E-state index is 11.7. The highest BCUT2D eigenvalue weighted by molar-refractivity contribution is 7.89. The number of aliphatic hydroxyl groups excluding tert-OH is 1.